The maximum Gasteiger partial charge on any atom is 0.145 e. The monoisotopic (exact) mass is 780 g/mol. The number of imidazole rings is 2. The quantitative estimate of drug-likeness (QED) is 0.162. The molecule has 8 aromatic carbocycles. The number of para-hydroxylation sites is 8. The molecule has 0 saturated heterocycles. The summed E-state index contributed by atoms with van der Waals surface area (Å²) in [6.45, 7) is 0. The minimum absolute atomic E-state index is 0.841. The van der Waals surface area contributed by atoms with Gasteiger partial charge in [-0.3, -0.25) is 9.13 Å². The van der Waals surface area contributed by atoms with Crippen molar-refractivity contribution in [3.05, 3.63) is 218 Å². The molecule has 0 N–H and O–H groups in total. The van der Waals surface area contributed by atoms with E-state index in [0.717, 1.165) is 84.4 Å². The first-order valence-corrected chi connectivity index (χ1v) is 20.5. The molecular weight excluding hydrogens is 745 g/mol. The van der Waals surface area contributed by atoms with E-state index in [1.807, 2.05) is 24.3 Å². The second-order valence-corrected chi connectivity index (χ2v) is 15.3. The summed E-state index contributed by atoms with van der Waals surface area (Å²) in [6, 6.07) is 76.5. The van der Waals surface area contributed by atoms with Gasteiger partial charge in [-0.25, -0.2) is 15.0 Å². The van der Waals surface area contributed by atoms with Gasteiger partial charge in [0.25, 0.3) is 0 Å². The zero-order chi connectivity index (χ0) is 40.3. The molecule has 0 spiro atoms. The van der Waals surface area contributed by atoms with E-state index in [9.17, 15) is 0 Å². The van der Waals surface area contributed by atoms with Gasteiger partial charge in [0.05, 0.1) is 44.5 Å². The molecule has 61 heavy (non-hydrogen) atoms. The van der Waals surface area contributed by atoms with Crippen molar-refractivity contribution >= 4 is 43.9 Å². The topological polar surface area (TPSA) is 53.5 Å². The molecule has 0 atom stereocenters. The third-order valence-electron chi connectivity index (χ3n) is 11.6. The Morgan fingerprint density at radius 1 is 0.262 bits per heavy atom. The van der Waals surface area contributed by atoms with Crippen molar-refractivity contribution in [2.45, 2.75) is 0 Å². The number of nitrogens with zero attached hydrogens (tertiary/aromatic N) is 6. The normalized spacial score (nSPS) is 11.6. The predicted octanol–water partition coefficient (Wildman–Crippen LogP) is 13.5. The Bertz CT molecular complexity index is 3410. The molecule has 0 amide bonds. The molecule has 0 radical (unpaired) electrons. The van der Waals surface area contributed by atoms with E-state index in [1.54, 1.807) is 0 Å². The Labute approximate surface area is 351 Å². The zero-order valence-electron chi connectivity index (χ0n) is 33.0. The molecule has 4 heterocycles. The maximum atomic E-state index is 5.41. The average molecular weight is 781 g/mol. The molecular formula is C55H36N6. The van der Waals surface area contributed by atoms with Crippen LogP contribution in [-0.4, -0.2) is 28.7 Å². The van der Waals surface area contributed by atoms with Gasteiger partial charge < -0.3 is 4.57 Å². The van der Waals surface area contributed by atoms with Gasteiger partial charge in [-0.2, -0.15) is 0 Å². The van der Waals surface area contributed by atoms with E-state index in [-0.39, 0.29) is 0 Å². The van der Waals surface area contributed by atoms with Crippen LogP contribution in [0, 0.1) is 0 Å². The highest BCUT2D eigenvalue weighted by Gasteiger charge is 2.21. The fraction of sp³-hybridized carbons (Fsp3) is 0. The number of hydrogen-bond donors (Lipinski definition) is 0. The van der Waals surface area contributed by atoms with Crippen LogP contribution in [0.1, 0.15) is 0 Å². The fourth-order valence-electron chi connectivity index (χ4n) is 8.91. The van der Waals surface area contributed by atoms with Gasteiger partial charge in [-0.15, -0.1) is 0 Å². The van der Waals surface area contributed by atoms with Crippen LogP contribution in [0.3, 0.4) is 0 Å². The summed E-state index contributed by atoms with van der Waals surface area (Å²) in [5, 5.41) is 2.47. The summed E-state index contributed by atoms with van der Waals surface area (Å²) in [4.78, 5) is 16.0. The van der Waals surface area contributed by atoms with Gasteiger partial charge in [0.15, 0.2) is 0 Å². The van der Waals surface area contributed by atoms with Crippen LogP contribution in [0.25, 0.3) is 106 Å². The van der Waals surface area contributed by atoms with Gasteiger partial charge in [0.1, 0.15) is 11.6 Å². The van der Waals surface area contributed by atoms with Crippen molar-refractivity contribution in [3.8, 4) is 62.4 Å². The number of rotatable bonds is 7. The molecule has 12 rings (SSSR count). The molecule has 0 saturated carbocycles. The third kappa shape index (κ3) is 5.84. The number of hydrogen-bond acceptors (Lipinski definition) is 3. The molecule has 0 aliphatic carbocycles. The van der Waals surface area contributed by atoms with E-state index in [0.29, 0.717) is 0 Å². The molecule has 0 aliphatic heterocycles. The number of pyridine rings is 1. The van der Waals surface area contributed by atoms with Crippen molar-refractivity contribution in [1.29, 1.82) is 0 Å². The summed E-state index contributed by atoms with van der Waals surface area (Å²) < 4.78 is 6.86. The Morgan fingerprint density at radius 2 is 0.689 bits per heavy atom. The van der Waals surface area contributed by atoms with Gasteiger partial charge in [0, 0.05) is 50.1 Å². The lowest BCUT2D eigenvalue weighted by Gasteiger charge is -2.15. The van der Waals surface area contributed by atoms with Gasteiger partial charge in [0.2, 0.25) is 0 Å². The first-order valence-electron chi connectivity index (χ1n) is 20.5. The maximum absolute atomic E-state index is 5.41. The lowest BCUT2D eigenvalue weighted by atomic mass is 10.0. The van der Waals surface area contributed by atoms with Gasteiger partial charge in [-0.05, 0) is 103 Å². The molecule has 0 aliphatic rings. The van der Waals surface area contributed by atoms with Crippen molar-refractivity contribution in [2.75, 3.05) is 0 Å². The lowest BCUT2D eigenvalue weighted by Crippen LogP contribution is -2.00. The van der Waals surface area contributed by atoms with Crippen molar-refractivity contribution in [3.63, 3.8) is 0 Å². The van der Waals surface area contributed by atoms with Crippen LogP contribution in [0.5, 0.6) is 0 Å². The predicted molar refractivity (Wildman–Crippen MR) is 250 cm³/mol. The third-order valence-corrected chi connectivity index (χ3v) is 11.6. The van der Waals surface area contributed by atoms with Crippen LogP contribution in [0.4, 0.5) is 0 Å². The minimum atomic E-state index is 0.841. The van der Waals surface area contributed by atoms with Gasteiger partial charge in [-0.1, -0.05) is 115 Å². The second kappa shape index (κ2) is 14.2. The standard InChI is InChI=1S/C55H36N6/c1-3-18-41(19-4-1)60-52-31-13-9-25-48(52)57-54(60)39-33-38(34-40(35-39)55-58-49-26-10-14-32-53(49)61(55)42-20-5-2-6-21-42)47-28-16-27-46(56-47)37-17-15-22-43(36-37)59-50-29-11-7-23-44(50)45-24-8-12-30-51(45)59/h1-36H. The molecule has 4 aromatic heterocycles. The smallest absolute Gasteiger partial charge is 0.145 e. The molecule has 0 fully saturated rings. The molecule has 6 nitrogen and oxygen atoms in total. The average Bonchev–Trinajstić information content (AvgIpc) is 4.03. The van der Waals surface area contributed by atoms with Crippen LogP contribution >= 0.6 is 0 Å². The second-order valence-electron chi connectivity index (χ2n) is 15.3. The first kappa shape index (κ1) is 34.7. The Hall–Kier alpha value is -8.35. The minimum Gasteiger partial charge on any atom is -0.309 e. The highest BCUT2D eigenvalue weighted by molar-refractivity contribution is 6.09. The Kier molecular flexibility index (Phi) is 8.06. The fourth-order valence-corrected chi connectivity index (χ4v) is 8.91. The number of benzene rings is 8. The van der Waals surface area contributed by atoms with E-state index in [1.165, 1.54) is 21.8 Å². The first-order chi connectivity index (χ1) is 30.2. The van der Waals surface area contributed by atoms with Crippen LogP contribution in [0.15, 0.2) is 218 Å². The molecule has 286 valence electrons. The van der Waals surface area contributed by atoms with E-state index >= 15 is 0 Å². The summed E-state index contributed by atoms with van der Waals surface area (Å²) in [5.74, 6) is 1.68. The van der Waals surface area contributed by atoms with Gasteiger partial charge >= 0.3 is 0 Å². The van der Waals surface area contributed by atoms with Crippen molar-refractivity contribution in [1.82, 2.24) is 28.7 Å². The molecule has 0 unspecified atom stereocenters. The molecule has 12 aromatic rings. The molecule has 6 heteroatoms. The van der Waals surface area contributed by atoms with Crippen LogP contribution in [0.2, 0.25) is 0 Å². The summed E-state index contributed by atoms with van der Waals surface area (Å²) in [7, 11) is 0. The summed E-state index contributed by atoms with van der Waals surface area (Å²) in [5.41, 5.74) is 15.1. The lowest BCUT2D eigenvalue weighted by molar-refractivity contribution is 1.09. The highest BCUT2D eigenvalue weighted by Crippen LogP contribution is 2.38. The number of aromatic nitrogens is 6. The molecule has 0 bridgehead atoms. The Morgan fingerprint density at radius 3 is 1.25 bits per heavy atom. The highest BCUT2D eigenvalue weighted by atomic mass is 15.1. The summed E-state index contributed by atoms with van der Waals surface area (Å²) >= 11 is 0. The van der Waals surface area contributed by atoms with E-state index in [4.69, 9.17) is 15.0 Å². The SMILES string of the molecule is c1ccc(-n2c(-c3cc(-c4cccc(-c5cccc(-n6c7ccccc7c7ccccc76)c5)n4)cc(-c4nc5ccccc5n4-c4ccccc4)c3)nc3ccccc32)cc1. The Balaban J connectivity index is 1.07. The number of fused-ring (bicyclic) bond motifs is 5. The largest absolute Gasteiger partial charge is 0.309 e. The van der Waals surface area contributed by atoms with Crippen molar-refractivity contribution < 1.29 is 0 Å². The van der Waals surface area contributed by atoms with Crippen LogP contribution < -0.4 is 0 Å². The zero-order valence-corrected chi connectivity index (χ0v) is 33.0. The summed E-state index contributed by atoms with van der Waals surface area (Å²) in [6.07, 6.45) is 0. The van der Waals surface area contributed by atoms with Crippen molar-refractivity contribution in [2.24, 2.45) is 0 Å². The van der Waals surface area contributed by atoms with E-state index < -0.39 is 0 Å². The van der Waals surface area contributed by atoms with E-state index in [2.05, 4.69) is 208 Å². The van der Waals surface area contributed by atoms with Crippen LogP contribution in [-0.2, 0) is 0 Å².